The molecular weight excluding hydrogens is 416 g/mol. The van der Waals surface area contributed by atoms with Crippen LogP contribution in [-0.2, 0) is 9.53 Å². The van der Waals surface area contributed by atoms with Crippen molar-refractivity contribution in [3.8, 4) is 0 Å². The molecule has 4 saturated carbocycles. The lowest BCUT2D eigenvalue weighted by molar-refractivity contribution is -0.179. The van der Waals surface area contributed by atoms with Crippen LogP contribution in [0, 0.1) is 50.7 Å². The Morgan fingerprint density at radius 2 is 1.65 bits per heavy atom. The summed E-state index contributed by atoms with van der Waals surface area (Å²) in [5.41, 5.74) is 4.57. The molecule has 0 heterocycles. The average molecular weight is 467 g/mol. The molecule has 0 radical (unpaired) electrons. The van der Waals surface area contributed by atoms with Gasteiger partial charge < -0.3 is 4.74 Å². The lowest BCUT2D eigenvalue weighted by Crippen LogP contribution is -2.62. The molecule has 0 N–H and O–H groups in total. The van der Waals surface area contributed by atoms with E-state index in [-0.39, 0.29) is 28.3 Å². The van der Waals surface area contributed by atoms with Gasteiger partial charge in [-0.1, -0.05) is 65.3 Å². The molecule has 190 valence electrons. The first kappa shape index (κ1) is 24.6. The molecule has 0 aromatic carbocycles. The number of hydrogen-bond donors (Lipinski definition) is 0. The molecule has 5 aliphatic rings. The van der Waals surface area contributed by atoms with E-state index in [0.717, 1.165) is 24.7 Å². The van der Waals surface area contributed by atoms with Crippen LogP contribution in [0.3, 0.4) is 0 Å². The molecule has 34 heavy (non-hydrogen) atoms. The fourth-order valence-corrected chi connectivity index (χ4v) is 11.1. The quantitative estimate of drug-likeness (QED) is 0.301. The van der Waals surface area contributed by atoms with Gasteiger partial charge >= 0.3 is 5.97 Å². The summed E-state index contributed by atoms with van der Waals surface area (Å²) in [6.45, 7) is 23.6. The van der Waals surface area contributed by atoms with Crippen LogP contribution in [-0.4, -0.2) is 12.1 Å². The molecule has 0 unspecified atom stereocenters. The minimum absolute atomic E-state index is 0.0141. The lowest BCUT2D eigenvalue weighted by Gasteiger charge is -2.69. The molecule has 0 bridgehead atoms. The van der Waals surface area contributed by atoms with E-state index in [9.17, 15) is 4.79 Å². The van der Waals surface area contributed by atoms with E-state index in [1.807, 2.05) is 0 Å². The van der Waals surface area contributed by atoms with E-state index in [0.29, 0.717) is 22.7 Å². The summed E-state index contributed by atoms with van der Waals surface area (Å²) >= 11 is 0. The first-order chi connectivity index (χ1) is 15.7. The highest BCUT2D eigenvalue weighted by Gasteiger charge is 2.68. The van der Waals surface area contributed by atoms with Crippen LogP contribution in [0.25, 0.3) is 0 Å². The van der Waals surface area contributed by atoms with Crippen molar-refractivity contribution in [2.24, 2.45) is 50.7 Å². The fourth-order valence-electron chi connectivity index (χ4n) is 11.1. The van der Waals surface area contributed by atoms with Crippen molar-refractivity contribution in [2.75, 3.05) is 0 Å². The molecule has 0 aromatic rings. The van der Waals surface area contributed by atoms with Gasteiger partial charge in [0.15, 0.2) is 0 Å². The second-order valence-electron chi connectivity index (χ2n) is 14.8. The molecular formula is C32H50O2. The van der Waals surface area contributed by atoms with Crippen molar-refractivity contribution in [1.29, 1.82) is 0 Å². The summed E-state index contributed by atoms with van der Waals surface area (Å²) in [6, 6.07) is 0. The van der Waals surface area contributed by atoms with E-state index in [4.69, 9.17) is 4.74 Å². The number of allylic oxidation sites excluding steroid dienone is 3. The van der Waals surface area contributed by atoms with Gasteiger partial charge in [-0.05, 0) is 110 Å². The van der Waals surface area contributed by atoms with Crippen molar-refractivity contribution in [2.45, 2.75) is 119 Å². The van der Waals surface area contributed by atoms with Gasteiger partial charge in [-0.3, -0.25) is 4.79 Å². The molecule has 2 nitrogen and oxygen atoms in total. The Morgan fingerprint density at radius 3 is 2.29 bits per heavy atom. The predicted molar refractivity (Wildman–Crippen MR) is 140 cm³/mol. The molecule has 5 rings (SSSR count). The Kier molecular flexibility index (Phi) is 5.42. The van der Waals surface area contributed by atoms with E-state index >= 15 is 0 Å². The van der Waals surface area contributed by atoms with Crippen LogP contribution in [0.5, 0.6) is 0 Å². The van der Waals surface area contributed by atoms with Crippen molar-refractivity contribution < 1.29 is 9.53 Å². The molecule has 0 amide bonds. The third-order valence-electron chi connectivity index (χ3n) is 13.1. The van der Waals surface area contributed by atoms with Gasteiger partial charge in [0.05, 0.1) is 0 Å². The zero-order chi connectivity index (χ0) is 24.9. The Bertz CT molecular complexity index is 927. The zero-order valence-electron chi connectivity index (χ0n) is 23.4. The highest BCUT2D eigenvalue weighted by atomic mass is 16.5. The van der Waals surface area contributed by atoms with E-state index < -0.39 is 0 Å². The van der Waals surface area contributed by atoms with Gasteiger partial charge in [0.2, 0.25) is 0 Å². The Morgan fingerprint density at radius 1 is 0.941 bits per heavy atom. The SMILES string of the molecule is C=C(C)[C@@H]1CC[C@]2(C)CC[C@]3(C)[C@H](CC=C4[C@@]5(C)CC[C@H](OC(C)=O)C(C)(C)[C@@H]5CC[C@]43C)[C@@H]12. The van der Waals surface area contributed by atoms with Crippen LogP contribution in [0.1, 0.15) is 113 Å². The fraction of sp³-hybridized carbons (Fsp3) is 0.844. The molecule has 0 aromatic heterocycles. The Balaban J connectivity index is 1.55. The maximum absolute atomic E-state index is 11.9. The van der Waals surface area contributed by atoms with Gasteiger partial charge in [0.25, 0.3) is 0 Å². The van der Waals surface area contributed by atoms with Crippen LogP contribution < -0.4 is 0 Å². The third kappa shape index (κ3) is 3.02. The summed E-state index contributed by atoms with van der Waals surface area (Å²) in [6.07, 6.45) is 14.2. The topological polar surface area (TPSA) is 26.3 Å². The number of fused-ring (bicyclic) bond motifs is 7. The minimum atomic E-state index is -0.122. The number of rotatable bonds is 2. The minimum Gasteiger partial charge on any atom is -0.462 e. The molecule has 0 aliphatic heterocycles. The Labute approximate surface area is 209 Å². The number of carbonyl (C=O) groups excluding carboxylic acids is 1. The molecule has 9 atom stereocenters. The maximum atomic E-state index is 11.9. The van der Waals surface area contributed by atoms with E-state index in [1.54, 1.807) is 12.5 Å². The second-order valence-corrected chi connectivity index (χ2v) is 14.8. The largest absolute Gasteiger partial charge is 0.462 e. The van der Waals surface area contributed by atoms with Gasteiger partial charge in [-0.25, -0.2) is 0 Å². The maximum Gasteiger partial charge on any atom is 0.302 e. The van der Waals surface area contributed by atoms with Gasteiger partial charge in [0, 0.05) is 12.3 Å². The Hall–Kier alpha value is -1.05. The molecule has 2 heteroatoms. The summed E-state index contributed by atoms with van der Waals surface area (Å²) < 4.78 is 5.89. The summed E-state index contributed by atoms with van der Waals surface area (Å²) in [5.74, 6) is 2.72. The van der Waals surface area contributed by atoms with E-state index in [2.05, 4.69) is 61.1 Å². The lowest BCUT2D eigenvalue weighted by atomic mass is 9.35. The predicted octanol–water partition coefficient (Wildman–Crippen LogP) is 8.52. The molecule has 5 aliphatic carbocycles. The standard InChI is InChI=1S/C32H50O2/c1-20(2)22-12-15-29(6)18-19-31(8)23(27(22)29)10-11-25-30(7)16-14-26(34-21(3)33)28(4,5)24(30)13-17-32(25,31)9/h11,22-24,26-27H,1,10,12-19H2,2-9H3/t22-,23+,24-,26-,27+,29+,30-,31+,32+/m0/s1. The van der Waals surface area contributed by atoms with Crippen molar-refractivity contribution in [3.05, 3.63) is 23.8 Å². The first-order valence-electron chi connectivity index (χ1n) is 14.2. The summed E-state index contributed by atoms with van der Waals surface area (Å²) in [5, 5.41) is 0. The average Bonchev–Trinajstić information content (AvgIpc) is 3.08. The summed E-state index contributed by atoms with van der Waals surface area (Å²) in [4.78, 5) is 11.9. The molecule has 4 fully saturated rings. The second kappa shape index (κ2) is 7.48. The highest BCUT2D eigenvalue weighted by Crippen LogP contribution is 2.76. The van der Waals surface area contributed by atoms with Crippen LogP contribution in [0.15, 0.2) is 23.8 Å². The first-order valence-corrected chi connectivity index (χ1v) is 14.2. The van der Waals surface area contributed by atoms with Crippen molar-refractivity contribution in [1.82, 2.24) is 0 Å². The number of carbonyl (C=O) groups is 1. The van der Waals surface area contributed by atoms with Gasteiger partial charge in [-0.2, -0.15) is 0 Å². The van der Waals surface area contributed by atoms with Gasteiger partial charge in [0.1, 0.15) is 6.10 Å². The van der Waals surface area contributed by atoms with Gasteiger partial charge in [-0.15, -0.1) is 0 Å². The molecule has 0 spiro atoms. The molecule has 0 saturated heterocycles. The van der Waals surface area contributed by atoms with Crippen molar-refractivity contribution >= 4 is 5.97 Å². The summed E-state index contributed by atoms with van der Waals surface area (Å²) in [7, 11) is 0. The smallest absolute Gasteiger partial charge is 0.302 e. The number of hydrogen-bond acceptors (Lipinski definition) is 2. The normalized spacial score (nSPS) is 51.3. The van der Waals surface area contributed by atoms with Crippen LogP contribution in [0.2, 0.25) is 0 Å². The van der Waals surface area contributed by atoms with Crippen LogP contribution >= 0.6 is 0 Å². The third-order valence-corrected chi connectivity index (χ3v) is 13.1. The number of ether oxygens (including phenoxy) is 1. The van der Waals surface area contributed by atoms with Crippen molar-refractivity contribution in [3.63, 3.8) is 0 Å². The van der Waals surface area contributed by atoms with E-state index in [1.165, 1.54) is 50.5 Å². The number of esters is 1. The monoisotopic (exact) mass is 466 g/mol. The highest BCUT2D eigenvalue weighted by molar-refractivity contribution is 5.66. The van der Waals surface area contributed by atoms with Crippen LogP contribution in [0.4, 0.5) is 0 Å². The zero-order valence-corrected chi connectivity index (χ0v) is 23.4.